The summed E-state index contributed by atoms with van der Waals surface area (Å²) in [4.78, 5) is 39.0. The lowest BCUT2D eigenvalue weighted by Gasteiger charge is -2.34. The summed E-state index contributed by atoms with van der Waals surface area (Å²) in [6, 6.07) is 8.21. The van der Waals surface area contributed by atoms with E-state index in [1.165, 1.54) is 32.1 Å². The van der Waals surface area contributed by atoms with Gasteiger partial charge in [-0.25, -0.2) is 4.79 Å². The molecule has 2 saturated carbocycles. The van der Waals surface area contributed by atoms with Gasteiger partial charge in [0.05, 0.1) is 0 Å². The molecular weight excluding hydrogens is 380 g/mol. The van der Waals surface area contributed by atoms with Crippen molar-refractivity contribution >= 4 is 23.5 Å². The first-order valence-corrected chi connectivity index (χ1v) is 11.2. The molecule has 1 saturated heterocycles. The molecule has 1 spiro atoms. The largest absolute Gasteiger partial charge is 0.326 e. The predicted octanol–water partition coefficient (Wildman–Crippen LogP) is 3.16. The van der Waals surface area contributed by atoms with Crippen LogP contribution in [0.4, 0.5) is 10.5 Å². The second-order valence-electron chi connectivity index (χ2n) is 9.12. The quantitative estimate of drug-likeness (QED) is 0.648. The molecule has 4 amide bonds. The number of carbonyl (C=O) groups excluding carboxylic acids is 3. The standard InChI is InChI=1S/C23H32N4O3/c1-27(18-8-3-2-4-9-18)15-17-7-5-6-10-19(17)24-20(28)16-11-13-23(14-12-16)21(29)25-22(30)26-23/h5-7,10,16,18H,2-4,8-9,11-15H2,1H3,(H,24,28)(H2,25,26,29,30). The molecule has 0 radical (unpaired) electrons. The Morgan fingerprint density at radius 1 is 1.10 bits per heavy atom. The number of nitrogens with one attached hydrogen (secondary N) is 3. The fourth-order valence-corrected chi connectivity index (χ4v) is 5.19. The van der Waals surface area contributed by atoms with E-state index in [9.17, 15) is 14.4 Å². The zero-order chi connectivity index (χ0) is 21.1. The Morgan fingerprint density at radius 2 is 1.80 bits per heavy atom. The van der Waals surface area contributed by atoms with E-state index in [0.717, 1.165) is 17.8 Å². The van der Waals surface area contributed by atoms with Gasteiger partial charge >= 0.3 is 6.03 Å². The van der Waals surface area contributed by atoms with Crippen molar-refractivity contribution < 1.29 is 14.4 Å². The predicted molar refractivity (Wildman–Crippen MR) is 115 cm³/mol. The van der Waals surface area contributed by atoms with Crippen molar-refractivity contribution in [1.82, 2.24) is 15.5 Å². The van der Waals surface area contributed by atoms with Crippen molar-refractivity contribution in [2.45, 2.75) is 75.9 Å². The maximum atomic E-state index is 12.9. The summed E-state index contributed by atoms with van der Waals surface area (Å²) >= 11 is 0. The van der Waals surface area contributed by atoms with Gasteiger partial charge < -0.3 is 10.6 Å². The van der Waals surface area contributed by atoms with Gasteiger partial charge in [0.15, 0.2) is 0 Å². The van der Waals surface area contributed by atoms with E-state index in [1.807, 2.05) is 18.2 Å². The smallest absolute Gasteiger partial charge is 0.322 e. The van der Waals surface area contributed by atoms with Crippen LogP contribution in [0.15, 0.2) is 24.3 Å². The fraction of sp³-hybridized carbons (Fsp3) is 0.609. The van der Waals surface area contributed by atoms with Gasteiger partial charge in [0.2, 0.25) is 5.91 Å². The Labute approximate surface area is 178 Å². The number of hydrogen-bond donors (Lipinski definition) is 3. The molecule has 0 atom stereocenters. The first-order valence-electron chi connectivity index (χ1n) is 11.2. The Hall–Kier alpha value is -2.41. The van der Waals surface area contributed by atoms with E-state index in [2.05, 4.69) is 34.0 Å². The van der Waals surface area contributed by atoms with Crippen LogP contribution in [0.25, 0.3) is 0 Å². The second kappa shape index (κ2) is 8.76. The van der Waals surface area contributed by atoms with Crippen LogP contribution in [0.2, 0.25) is 0 Å². The van der Waals surface area contributed by atoms with Crippen molar-refractivity contribution in [3.63, 3.8) is 0 Å². The highest BCUT2D eigenvalue weighted by Gasteiger charge is 2.48. The topological polar surface area (TPSA) is 90.5 Å². The first-order chi connectivity index (χ1) is 14.5. The minimum atomic E-state index is -0.825. The van der Waals surface area contributed by atoms with Gasteiger partial charge in [-0.05, 0) is 57.2 Å². The summed E-state index contributed by atoms with van der Waals surface area (Å²) in [6.07, 6.45) is 8.60. The molecule has 1 aromatic rings. The number of benzene rings is 1. The molecule has 30 heavy (non-hydrogen) atoms. The van der Waals surface area contributed by atoms with Crippen LogP contribution in [-0.2, 0) is 16.1 Å². The molecule has 1 heterocycles. The van der Waals surface area contributed by atoms with E-state index < -0.39 is 11.6 Å². The van der Waals surface area contributed by atoms with Crippen molar-refractivity contribution in [3.8, 4) is 0 Å². The lowest BCUT2D eigenvalue weighted by Crippen LogP contribution is -2.50. The van der Waals surface area contributed by atoms with Crippen molar-refractivity contribution in [2.24, 2.45) is 5.92 Å². The lowest BCUT2D eigenvalue weighted by molar-refractivity contribution is -0.128. The molecule has 7 heteroatoms. The van der Waals surface area contributed by atoms with Crippen LogP contribution in [-0.4, -0.2) is 41.4 Å². The minimum Gasteiger partial charge on any atom is -0.326 e. The van der Waals surface area contributed by atoms with Gasteiger partial charge in [-0.2, -0.15) is 0 Å². The molecule has 0 aromatic heterocycles. The van der Waals surface area contributed by atoms with Crippen LogP contribution >= 0.6 is 0 Å². The van der Waals surface area contributed by atoms with E-state index in [4.69, 9.17) is 0 Å². The average Bonchev–Trinajstić information content (AvgIpc) is 3.03. The molecule has 3 aliphatic rings. The van der Waals surface area contributed by atoms with Crippen molar-refractivity contribution in [1.29, 1.82) is 0 Å². The third-order valence-electron chi connectivity index (χ3n) is 7.12. The number of amides is 4. The molecule has 0 bridgehead atoms. The van der Waals surface area contributed by atoms with E-state index in [0.29, 0.717) is 31.7 Å². The van der Waals surface area contributed by atoms with E-state index >= 15 is 0 Å². The molecule has 1 aliphatic heterocycles. The summed E-state index contributed by atoms with van der Waals surface area (Å²) in [5.41, 5.74) is 1.18. The van der Waals surface area contributed by atoms with Gasteiger partial charge in [-0.15, -0.1) is 0 Å². The molecule has 3 N–H and O–H groups in total. The maximum absolute atomic E-state index is 12.9. The van der Waals surface area contributed by atoms with Crippen LogP contribution in [0.5, 0.6) is 0 Å². The normalized spacial score (nSPS) is 27.2. The van der Waals surface area contributed by atoms with Crippen LogP contribution in [0.3, 0.4) is 0 Å². The molecule has 162 valence electrons. The number of anilines is 1. The number of hydrogen-bond acceptors (Lipinski definition) is 4. The van der Waals surface area contributed by atoms with Crippen LogP contribution < -0.4 is 16.0 Å². The van der Waals surface area contributed by atoms with Crippen LogP contribution in [0, 0.1) is 5.92 Å². The van der Waals surface area contributed by atoms with Gasteiger partial charge in [0, 0.05) is 24.2 Å². The molecule has 4 rings (SSSR count). The molecule has 7 nitrogen and oxygen atoms in total. The lowest BCUT2D eigenvalue weighted by atomic mass is 9.76. The fourth-order valence-electron chi connectivity index (χ4n) is 5.19. The Balaban J connectivity index is 1.36. The van der Waals surface area contributed by atoms with Crippen molar-refractivity contribution in [2.75, 3.05) is 12.4 Å². The van der Waals surface area contributed by atoms with Crippen molar-refractivity contribution in [3.05, 3.63) is 29.8 Å². The molecule has 2 aliphatic carbocycles. The highest BCUT2D eigenvalue weighted by molar-refractivity contribution is 6.07. The zero-order valence-corrected chi connectivity index (χ0v) is 17.7. The Morgan fingerprint density at radius 3 is 2.47 bits per heavy atom. The maximum Gasteiger partial charge on any atom is 0.322 e. The number of para-hydroxylation sites is 1. The monoisotopic (exact) mass is 412 g/mol. The third-order valence-corrected chi connectivity index (χ3v) is 7.12. The summed E-state index contributed by atoms with van der Waals surface area (Å²) in [5.74, 6) is -0.408. The average molecular weight is 413 g/mol. The highest BCUT2D eigenvalue weighted by Crippen LogP contribution is 2.35. The Bertz CT molecular complexity index is 810. The third kappa shape index (κ3) is 4.36. The SMILES string of the molecule is CN(Cc1ccccc1NC(=O)C1CCC2(CC1)NC(=O)NC2=O)C1CCCCC1. The first kappa shape index (κ1) is 20.8. The molecular formula is C23H32N4O3. The van der Waals surface area contributed by atoms with Crippen LogP contribution in [0.1, 0.15) is 63.4 Å². The van der Waals surface area contributed by atoms with Gasteiger partial charge in [0.25, 0.3) is 5.91 Å². The van der Waals surface area contributed by atoms with E-state index in [1.54, 1.807) is 0 Å². The van der Waals surface area contributed by atoms with Gasteiger partial charge in [-0.1, -0.05) is 37.5 Å². The summed E-state index contributed by atoms with van der Waals surface area (Å²) in [5, 5.41) is 8.21. The number of imide groups is 1. The van der Waals surface area contributed by atoms with Gasteiger partial charge in [0.1, 0.15) is 5.54 Å². The molecule has 3 fully saturated rings. The summed E-state index contributed by atoms with van der Waals surface area (Å²) < 4.78 is 0. The number of rotatable bonds is 5. The molecule has 1 aromatic carbocycles. The minimum absolute atomic E-state index is 0.00218. The highest BCUT2D eigenvalue weighted by atomic mass is 16.2. The Kier molecular flexibility index (Phi) is 6.09. The number of carbonyl (C=O) groups is 3. The number of nitrogens with zero attached hydrogens (tertiary/aromatic N) is 1. The molecule has 0 unspecified atom stereocenters. The summed E-state index contributed by atoms with van der Waals surface area (Å²) in [6.45, 7) is 0.821. The number of urea groups is 1. The second-order valence-corrected chi connectivity index (χ2v) is 9.12. The zero-order valence-electron chi connectivity index (χ0n) is 17.7. The van der Waals surface area contributed by atoms with Gasteiger partial charge in [-0.3, -0.25) is 19.8 Å². The van der Waals surface area contributed by atoms with E-state index in [-0.39, 0.29) is 17.7 Å². The summed E-state index contributed by atoms with van der Waals surface area (Å²) in [7, 11) is 2.18.